The van der Waals surface area contributed by atoms with E-state index in [0.717, 1.165) is 0 Å². The van der Waals surface area contributed by atoms with Gasteiger partial charge in [0.2, 0.25) is 11.8 Å². The Morgan fingerprint density at radius 2 is 1.87 bits per heavy atom. The van der Waals surface area contributed by atoms with Crippen molar-refractivity contribution in [2.45, 2.75) is 52.6 Å². The zero-order chi connectivity index (χ0) is 11.6. The molecule has 1 unspecified atom stereocenters. The molecule has 1 aromatic rings. The fourth-order valence-electron chi connectivity index (χ4n) is 1.22. The molecule has 0 aliphatic carbocycles. The Balaban J connectivity index is 2.76. The highest BCUT2D eigenvalue weighted by Crippen LogP contribution is 2.25. The number of rotatable bonds is 3. The molecule has 0 bridgehead atoms. The van der Waals surface area contributed by atoms with E-state index in [0.29, 0.717) is 24.1 Å². The van der Waals surface area contributed by atoms with Gasteiger partial charge >= 0.3 is 0 Å². The largest absolute Gasteiger partial charge is 0.422 e. The Morgan fingerprint density at radius 1 is 1.27 bits per heavy atom. The Hall–Kier alpha value is -0.900. The minimum atomic E-state index is -0.645. The lowest BCUT2D eigenvalue weighted by molar-refractivity contribution is 0.116. The minimum absolute atomic E-state index is 0.164. The summed E-state index contributed by atoms with van der Waals surface area (Å²) in [6.07, 6.45) is -0.000196. The molecule has 0 spiro atoms. The quantitative estimate of drug-likeness (QED) is 0.836. The van der Waals surface area contributed by atoms with Gasteiger partial charge in [-0.1, -0.05) is 34.6 Å². The van der Waals surface area contributed by atoms with Gasteiger partial charge in [0.15, 0.2) is 0 Å². The molecule has 15 heavy (non-hydrogen) atoms. The number of nitrogens with zero attached hydrogens (tertiary/aromatic N) is 2. The summed E-state index contributed by atoms with van der Waals surface area (Å²) >= 11 is 0. The molecule has 4 nitrogen and oxygen atoms in total. The van der Waals surface area contributed by atoms with Gasteiger partial charge in [-0.3, -0.25) is 0 Å². The summed E-state index contributed by atoms with van der Waals surface area (Å²) in [6.45, 7) is 10.1. The summed E-state index contributed by atoms with van der Waals surface area (Å²) in [7, 11) is 0. The van der Waals surface area contributed by atoms with Crippen LogP contribution in [-0.2, 0) is 5.41 Å². The van der Waals surface area contributed by atoms with Crippen LogP contribution in [-0.4, -0.2) is 15.3 Å². The Morgan fingerprint density at radius 3 is 2.27 bits per heavy atom. The first-order chi connectivity index (χ1) is 6.80. The Kier molecular flexibility index (Phi) is 3.50. The van der Waals surface area contributed by atoms with Crippen LogP contribution in [0.3, 0.4) is 0 Å². The Bertz CT molecular complexity index is 313. The molecule has 1 rings (SSSR count). The third-order valence-electron chi connectivity index (χ3n) is 2.06. The van der Waals surface area contributed by atoms with Gasteiger partial charge in [0, 0.05) is 5.41 Å². The van der Waals surface area contributed by atoms with Crippen molar-refractivity contribution in [2.24, 2.45) is 5.92 Å². The molecule has 0 aliphatic rings. The molecule has 0 amide bonds. The van der Waals surface area contributed by atoms with E-state index in [4.69, 9.17) is 4.42 Å². The van der Waals surface area contributed by atoms with Crippen LogP contribution < -0.4 is 0 Å². The lowest BCUT2D eigenvalue weighted by Crippen LogP contribution is -2.11. The van der Waals surface area contributed by atoms with Crippen molar-refractivity contribution in [1.82, 2.24) is 10.2 Å². The summed E-state index contributed by atoms with van der Waals surface area (Å²) in [4.78, 5) is 0. The second-order valence-electron chi connectivity index (χ2n) is 5.34. The highest BCUT2D eigenvalue weighted by atomic mass is 16.4. The van der Waals surface area contributed by atoms with Crippen molar-refractivity contribution >= 4 is 0 Å². The van der Waals surface area contributed by atoms with Gasteiger partial charge in [-0.25, -0.2) is 0 Å². The van der Waals surface area contributed by atoms with Gasteiger partial charge in [0.1, 0.15) is 6.10 Å². The molecule has 0 radical (unpaired) electrons. The zero-order valence-electron chi connectivity index (χ0n) is 10.1. The van der Waals surface area contributed by atoms with Crippen LogP contribution in [0.25, 0.3) is 0 Å². The second-order valence-corrected chi connectivity index (χ2v) is 5.34. The SMILES string of the molecule is CC(C)CC(O)c1nnc(C(C)(C)C)o1. The van der Waals surface area contributed by atoms with Gasteiger partial charge in [-0.15, -0.1) is 10.2 Å². The van der Waals surface area contributed by atoms with Crippen LogP contribution in [0.5, 0.6) is 0 Å². The van der Waals surface area contributed by atoms with E-state index < -0.39 is 6.10 Å². The van der Waals surface area contributed by atoms with E-state index in [2.05, 4.69) is 10.2 Å². The summed E-state index contributed by atoms with van der Waals surface area (Å²) < 4.78 is 5.44. The average Bonchev–Trinajstić information content (AvgIpc) is 2.48. The molecule has 4 heteroatoms. The van der Waals surface area contributed by atoms with E-state index in [-0.39, 0.29) is 5.41 Å². The first kappa shape index (κ1) is 12.2. The number of aromatic nitrogens is 2. The van der Waals surface area contributed by atoms with Crippen molar-refractivity contribution in [2.75, 3.05) is 0 Å². The van der Waals surface area contributed by atoms with Crippen molar-refractivity contribution in [3.63, 3.8) is 0 Å². The van der Waals surface area contributed by atoms with Crippen LogP contribution in [0.15, 0.2) is 4.42 Å². The third-order valence-corrected chi connectivity index (χ3v) is 2.06. The maximum Gasteiger partial charge on any atom is 0.244 e. The van der Waals surface area contributed by atoms with E-state index in [1.807, 2.05) is 34.6 Å². The molecule has 0 aromatic carbocycles. The maximum absolute atomic E-state index is 9.77. The monoisotopic (exact) mass is 212 g/mol. The predicted octanol–water partition coefficient (Wildman–Crippen LogP) is 2.45. The molecule has 1 heterocycles. The summed E-state index contributed by atoms with van der Waals surface area (Å²) in [5.74, 6) is 1.30. The average molecular weight is 212 g/mol. The van der Waals surface area contributed by atoms with Gasteiger partial charge in [-0.2, -0.15) is 0 Å². The van der Waals surface area contributed by atoms with Crippen molar-refractivity contribution in [3.8, 4) is 0 Å². The van der Waals surface area contributed by atoms with Crippen molar-refractivity contribution < 1.29 is 9.52 Å². The van der Waals surface area contributed by atoms with Crippen LogP contribution in [0.1, 0.15) is 58.9 Å². The fourth-order valence-corrected chi connectivity index (χ4v) is 1.22. The van der Waals surface area contributed by atoms with Crippen LogP contribution in [0.2, 0.25) is 0 Å². The smallest absolute Gasteiger partial charge is 0.244 e. The first-order valence-corrected chi connectivity index (χ1v) is 5.32. The molecule has 1 aromatic heterocycles. The third kappa shape index (κ3) is 3.30. The molecule has 0 aliphatic heterocycles. The number of hydrogen-bond donors (Lipinski definition) is 1. The van der Waals surface area contributed by atoms with E-state index in [1.165, 1.54) is 0 Å². The second kappa shape index (κ2) is 4.31. The van der Waals surface area contributed by atoms with E-state index >= 15 is 0 Å². The molecule has 0 saturated carbocycles. The highest BCUT2D eigenvalue weighted by molar-refractivity contribution is 4.97. The molecule has 1 N–H and O–H groups in total. The van der Waals surface area contributed by atoms with Gasteiger partial charge in [0.05, 0.1) is 0 Å². The fraction of sp³-hybridized carbons (Fsp3) is 0.818. The summed E-state index contributed by atoms with van der Waals surface area (Å²) in [6, 6.07) is 0. The first-order valence-electron chi connectivity index (χ1n) is 5.32. The Labute approximate surface area is 90.7 Å². The van der Waals surface area contributed by atoms with E-state index in [9.17, 15) is 5.11 Å². The lowest BCUT2D eigenvalue weighted by atomic mass is 9.97. The standard InChI is InChI=1S/C11H20N2O2/c1-7(2)6-8(14)9-12-13-10(15-9)11(3,4)5/h7-8,14H,6H2,1-5H3. The summed E-state index contributed by atoms with van der Waals surface area (Å²) in [5.41, 5.74) is -0.164. The van der Waals surface area contributed by atoms with Crippen LogP contribution >= 0.6 is 0 Å². The molecule has 0 saturated heterocycles. The molecular weight excluding hydrogens is 192 g/mol. The van der Waals surface area contributed by atoms with Gasteiger partial charge < -0.3 is 9.52 Å². The molecule has 0 fully saturated rings. The minimum Gasteiger partial charge on any atom is -0.422 e. The van der Waals surface area contributed by atoms with E-state index in [1.54, 1.807) is 0 Å². The highest BCUT2D eigenvalue weighted by Gasteiger charge is 2.24. The number of aliphatic hydroxyl groups excluding tert-OH is 1. The normalized spacial score (nSPS) is 14.6. The van der Waals surface area contributed by atoms with Crippen LogP contribution in [0, 0.1) is 5.92 Å². The predicted molar refractivity (Wildman–Crippen MR) is 57.4 cm³/mol. The maximum atomic E-state index is 9.77. The molecule has 1 atom stereocenters. The lowest BCUT2D eigenvalue weighted by Gasteiger charge is -2.12. The molecule has 86 valence electrons. The number of aliphatic hydroxyl groups is 1. The van der Waals surface area contributed by atoms with Crippen LogP contribution in [0.4, 0.5) is 0 Å². The van der Waals surface area contributed by atoms with Gasteiger partial charge in [0.25, 0.3) is 0 Å². The molecular formula is C11H20N2O2. The van der Waals surface area contributed by atoms with Crippen molar-refractivity contribution in [3.05, 3.63) is 11.8 Å². The van der Waals surface area contributed by atoms with Gasteiger partial charge in [-0.05, 0) is 12.3 Å². The zero-order valence-corrected chi connectivity index (χ0v) is 10.1. The number of hydrogen-bond acceptors (Lipinski definition) is 4. The topological polar surface area (TPSA) is 59.2 Å². The van der Waals surface area contributed by atoms with Crippen molar-refractivity contribution in [1.29, 1.82) is 0 Å². The summed E-state index contributed by atoms with van der Waals surface area (Å²) in [5, 5.41) is 17.6.